The molecule has 1 aromatic heterocycles. The molecule has 2 aromatic rings. The lowest BCUT2D eigenvalue weighted by Gasteiger charge is -2.06. The predicted octanol–water partition coefficient (Wildman–Crippen LogP) is 5.00. The minimum Gasteiger partial charge on any atom is -0.313 e. The van der Waals surface area contributed by atoms with E-state index < -0.39 is 0 Å². The van der Waals surface area contributed by atoms with Crippen molar-refractivity contribution >= 4 is 34.5 Å². The molecule has 1 atom stereocenters. The van der Waals surface area contributed by atoms with E-state index in [1.54, 1.807) is 11.3 Å². The van der Waals surface area contributed by atoms with Crippen molar-refractivity contribution in [2.45, 2.75) is 13.0 Å². The van der Waals surface area contributed by atoms with Crippen LogP contribution in [0.25, 0.3) is 10.4 Å². The van der Waals surface area contributed by atoms with Gasteiger partial charge < -0.3 is 5.32 Å². The minimum atomic E-state index is 0.372. The topological polar surface area (TPSA) is 12.0 Å². The third kappa shape index (κ3) is 2.83. The molecule has 0 spiro atoms. The average molecular weight is 286 g/mol. The third-order valence-corrected chi connectivity index (χ3v) is 4.75. The van der Waals surface area contributed by atoms with Crippen LogP contribution in [0.4, 0.5) is 0 Å². The lowest BCUT2D eigenvalue weighted by atomic mass is 10.2. The lowest BCUT2D eigenvalue weighted by molar-refractivity contribution is 0.664. The summed E-state index contributed by atoms with van der Waals surface area (Å²) < 4.78 is 0. The maximum atomic E-state index is 6.02. The molecular weight excluding hydrogens is 273 g/mol. The molecule has 0 bridgehead atoms. The van der Waals surface area contributed by atoms with Crippen molar-refractivity contribution < 1.29 is 0 Å². The summed E-state index contributed by atoms with van der Waals surface area (Å²) in [4.78, 5) is 2.52. The van der Waals surface area contributed by atoms with Gasteiger partial charge in [0.2, 0.25) is 0 Å². The number of rotatable bonds is 3. The Morgan fingerprint density at radius 1 is 1.12 bits per heavy atom. The van der Waals surface area contributed by atoms with Crippen LogP contribution in [0.5, 0.6) is 0 Å². The van der Waals surface area contributed by atoms with Crippen LogP contribution in [0.2, 0.25) is 10.0 Å². The summed E-state index contributed by atoms with van der Waals surface area (Å²) in [5, 5.41) is 4.42. The molecule has 0 amide bonds. The standard InChI is InChI=1S/C13H13Cl2NS/c1-8(16-2)12-5-6-13(17-12)9-3-4-10(14)11(15)7-9/h3-8,16H,1-2H3. The van der Waals surface area contributed by atoms with Crippen molar-refractivity contribution in [1.29, 1.82) is 0 Å². The Bertz CT molecular complexity index is 522. The zero-order chi connectivity index (χ0) is 12.4. The van der Waals surface area contributed by atoms with Gasteiger partial charge in [-0.1, -0.05) is 29.3 Å². The van der Waals surface area contributed by atoms with Crippen LogP contribution >= 0.6 is 34.5 Å². The van der Waals surface area contributed by atoms with Gasteiger partial charge >= 0.3 is 0 Å². The first kappa shape index (κ1) is 12.9. The van der Waals surface area contributed by atoms with E-state index in [0.29, 0.717) is 16.1 Å². The van der Waals surface area contributed by atoms with Gasteiger partial charge in [-0.2, -0.15) is 0 Å². The Labute approximate surface area is 115 Å². The fourth-order valence-electron chi connectivity index (χ4n) is 1.53. The maximum absolute atomic E-state index is 6.02. The molecule has 1 unspecified atom stereocenters. The largest absolute Gasteiger partial charge is 0.313 e. The van der Waals surface area contributed by atoms with Crippen LogP contribution in [-0.4, -0.2) is 7.05 Å². The molecule has 4 heteroatoms. The summed E-state index contributed by atoms with van der Waals surface area (Å²) in [6.07, 6.45) is 0. The number of benzene rings is 1. The molecular formula is C13H13Cl2NS. The van der Waals surface area contributed by atoms with Gasteiger partial charge in [0.15, 0.2) is 0 Å². The van der Waals surface area contributed by atoms with E-state index in [-0.39, 0.29) is 0 Å². The Morgan fingerprint density at radius 3 is 2.53 bits per heavy atom. The van der Waals surface area contributed by atoms with Gasteiger partial charge in [0.25, 0.3) is 0 Å². The number of nitrogens with one attached hydrogen (secondary N) is 1. The van der Waals surface area contributed by atoms with Crippen molar-refractivity contribution in [3.8, 4) is 10.4 Å². The molecule has 2 rings (SSSR count). The van der Waals surface area contributed by atoms with E-state index in [1.807, 2.05) is 25.2 Å². The van der Waals surface area contributed by atoms with Crippen molar-refractivity contribution in [1.82, 2.24) is 5.32 Å². The van der Waals surface area contributed by atoms with Crippen molar-refractivity contribution in [3.63, 3.8) is 0 Å². The SMILES string of the molecule is CNC(C)c1ccc(-c2ccc(Cl)c(Cl)c2)s1. The first-order valence-corrected chi connectivity index (χ1v) is 6.91. The second-order valence-corrected chi connectivity index (χ2v) is 5.77. The van der Waals surface area contributed by atoms with Gasteiger partial charge in [-0.05, 0) is 43.8 Å². The second kappa shape index (κ2) is 5.40. The molecule has 90 valence electrons. The Morgan fingerprint density at radius 2 is 1.88 bits per heavy atom. The van der Waals surface area contributed by atoms with Crippen LogP contribution < -0.4 is 5.32 Å². The fourth-order valence-corrected chi connectivity index (χ4v) is 2.90. The molecule has 0 aliphatic rings. The summed E-state index contributed by atoms with van der Waals surface area (Å²) in [6, 6.07) is 10.4. The summed E-state index contributed by atoms with van der Waals surface area (Å²) >= 11 is 13.7. The molecule has 17 heavy (non-hydrogen) atoms. The second-order valence-electron chi connectivity index (χ2n) is 3.84. The molecule has 0 radical (unpaired) electrons. The molecule has 1 N–H and O–H groups in total. The highest BCUT2D eigenvalue weighted by atomic mass is 35.5. The first-order valence-electron chi connectivity index (χ1n) is 5.34. The Kier molecular flexibility index (Phi) is 4.10. The van der Waals surface area contributed by atoms with E-state index >= 15 is 0 Å². The normalized spacial score (nSPS) is 12.7. The molecule has 1 nitrogen and oxygen atoms in total. The van der Waals surface area contributed by atoms with Crippen LogP contribution in [0.3, 0.4) is 0 Å². The highest BCUT2D eigenvalue weighted by molar-refractivity contribution is 7.15. The van der Waals surface area contributed by atoms with Crippen LogP contribution in [0, 0.1) is 0 Å². The number of halogens is 2. The highest BCUT2D eigenvalue weighted by Gasteiger charge is 2.08. The summed E-state index contributed by atoms with van der Waals surface area (Å²) in [6.45, 7) is 2.14. The molecule has 1 aromatic carbocycles. The quantitative estimate of drug-likeness (QED) is 0.837. The van der Waals surface area contributed by atoms with Gasteiger partial charge in [0.05, 0.1) is 10.0 Å². The molecule has 0 aliphatic heterocycles. The summed E-state index contributed by atoms with van der Waals surface area (Å²) in [5.41, 5.74) is 1.11. The predicted molar refractivity (Wildman–Crippen MR) is 77.2 cm³/mol. The van der Waals surface area contributed by atoms with Gasteiger partial charge in [-0.15, -0.1) is 11.3 Å². The highest BCUT2D eigenvalue weighted by Crippen LogP contribution is 2.34. The molecule has 0 fully saturated rings. The Balaban J connectivity index is 2.33. The zero-order valence-corrected chi connectivity index (χ0v) is 12.0. The lowest BCUT2D eigenvalue weighted by Crippen LogP contribution is -2.10. The fraction of sp³-hybridized carbons (Fsp3) is 0.231. The van der Waals surface area contributed by atoms with E-state index in [9.17, 15) is 0 Å². The van der Waals surface area contributed by atoms with Crippen molar-refractivity contribution in [3.05, 3.63) is 45.3 Å². The van der Waals surface area contributed by atoms with Crippen molar-refractivity contribution in [2.24, 2.45) is 0 Å². The third-order valence-electron chi connectivity index (χ3n) is 2.69. The smallest absolute Gasteiger partial charge is 0.0598 e. The van der Waals surface area contributed by atoms with E-state index in [1.165, 1.54) is 9.75 Å². The van der Waals surface area contributed by atoms with E-state index in [2.05, 4.69) is 24.4 Å². The minimum absolute atomic E-state index is 0.372. The zero-order valence-electron chi connectivity index (χ0n) is 9.63. The van der Waals surface area contributed by atoms with Crippen molar-refractivity contribution in [2.75, 3.05) is 7.05 Å². The van der Waals surface area contributed by atoms with Gasteiger partial charge in [-0.3, -0.25) is 0 Å². The average Bonchev–Trinajstić information content (AvgIpc) is 2.81. The van der Waals surface area contributed by atoms with Gasteiger partial charge in [0, 0.05) is 15.8 Å². The molecule has 1 heterocycles. The van der Waals surface area contributed by atoms with Gasteiger partial charge in [0.1, 0.15) is 0 Å². The summed E-state index contributed by atoms with van der Waals surface area (Å²) in [7, 11) is 1.96. The first-order chi connectivity index (χ1) is 8.11. The Hall–Kier alpha value is -0.540. The van der Waals surface area contributed by atoms with Crippen LogP contribution in [-0.2, 0) is 0 Å². The molecule has 0 saturated heterocycles. The molecule has 0 aliphatic carbocycles. The van der Waals surface area contributed by atoms with E-state index in [4.69, 9.17) is 23.2 Å². The summed E-state index contributed by atoms with van der Waals surface area (Å²) in [5.74, 6) is 0. The number of hydrogen-bond acceptors (Lipinski definition) is 2. The maximum Gasteiger partial charge on any atom is 0.0598 e. The van der Waals surface area contributed by atoms with Crippen LogP contribution in [0.1, 0.15) is 17.8 Å². The molecule has 0 saturated carbocycles. The number of hydrogen-bond donors (Lipinski definition) is 1. The van der Waals surface area contributed by atoms with Crippen LogP contribution in [0.15, 0.2) is 30.3 Å². The number of thiophene rings is 1. The monoisotopic (exact) mass is 285 g/mol. The van der Waals surface area contributed by atoms with Gasteiger partial charge in [-0.25, -0.2) is 0 Å². The van der Waals surface area contributed by atoms with E-state index in [0.717, 1.165) is 5.56 Å².